The monoisotopic (exact) mass is 372 g/mol. The smallest absolute Gasteiger partial charge is 0.277 e. The minimum atomic E-state index is -1.06. The highest BCUT2D eigenvalue weighted by molar-refractivity contribution is 5.94. The van der Waals surface area contributed by atoms with Crippen LogP contribution in [0.5, 0.6) is 11.5 Å². The van der Waals surface area contributed by atoms with Crippen LogP contribution >= 0.6 is 0 Å². The van der Waals surface area contributed by atoms with E-state index in [2.05, 4.69) is 0 Å². The molecule has 0 unspecified atom stereocenters. The van der Waals surface area contributed by atoms with Crippen LogP contribution in [0.1, 0.15) is 29.1 Å². The van der Waals surface area contributed by atoms with Crippen molar-refractivity contribution in [2.24, 2.45) is 0 Å². The number of fused-ring (bicyclic) bond motifs is 1. The Morgan fingerprint density at radius 3 is 2.78 bits per heavy atom. The van der Waals surface area contributed by atoms with Gasteiger partial charge >= 0.3 is 0 Å². The molecule has 1 fully saturated rings. The summed E-state index contributed by atoms with van der Waals surface area (Å²) in [6.07, 6.45) is -1.44. The molecule has 1 amide bonds. The molecule has 0 saturated carbocycles. The van der Waals surface area contributed by atoms with E-state index in [-0.39, 0.29) is 30.7 Å². The number of hydrogen-bond donors (Lipinski definition) is 0. The molecule has 0 spiro atoms. The van der Waals surface area contributed by atoms with E-state index in [1.54, 1.807) is 43.3 Å². The van der Waals surface area contributed by atoms with Crippen molar-refractivity contribution in [3.05, 3.63) is 63.7 Å². The quantitative estimate of drug-likeness (QED) is 0.603. The molecule has 1 saturated heterocycles. The maximum atomic E-state index is 12.9. The molecule has 2 aliphatic rings. The molecule has 0 aliphatic carbocycles. The first kappa shape index (κ1) is 17.3. The molecule has 140 valence electrons. The van der Waals surface area contributed by atoms with Crippen molar-refractivity contribution in [2.75, 3.05) is 13.3 Å². The maximum Gasteiger partial charge on any atom is 0.277 e. The molecule has 2 aromatic rings. The van der Waals surface area contributed by atoms with E-state index in [9.17, 15) is 14.9 Å². The summed E-state index contributed by atoms with van der Waals surface area (Å²) >= 11 is 0. The van der Waals surface area contributed by atoms with Crippen molar-refractivity contribution < 1.29 is 28.8 Å². The van der Waals surface area contributed by atoms with Crippen LogP contribution in [0.4, 0.5) is 5.69 Å². The number of carbonyl (C=O) groups excluding carboxylic acids is 1. The van der Waals surface area contributed by atoms with Crippen LogP contribution in [-0.4, -0.2) is 35.3 Å². The Morgan fingerprint density at radius 2 is 1.96 bits per heavy atom. The summed E-state index contributed by atoms with van der Waals surface area (Å²) in [5, 5.41) is 12.4. The number of nitrogens with zero attached hydrogens (tertiary/aromatic N) is 2. The lowest BCUT2D eigenvalue weighted by atomic mass is 10.1. The number of nitro benzene ring substituents is 1. The van der Waals surface area contributed by atoms with E-state index in [1.807, 2.05) is 0 Å². The SMILES string of the molecule is C[C@H]1CN(C(=O)c2ccc3c(c2)OCO3)O[C@H](c2ccccc2[N+](=O)[O-])O1. The van der Waals surface area contributed by atoms with Crippen molar-refractivity contribution in [3.63, 3.8) is 0 Å². The minimum Gasteiger partial charge on any atom is -0.454 e. The zero-order valence-electron chi connectivity index (χ0n) is 14.4. The van der Waals surface area contributed by atoms with Crippen molar-refractivity contribution in [1.82, 2.24) is 5.06 Å². The molecule has 0 radical (unpaired) electrons. The molecule has 9 heteroatoms. The van der Waals surface area contributed by atoms with E-state index in [0.717, 1.165) is 5.06 Å². The highest BCUT2D eigenvalue weighted by atomic mass is 16.8. The standard InChI is InChI=1S/C18H16N2O7/c1-11-9-19(17(21)12-6-7-15-16(8-12)25-10-24-15)27-18(26-11)13-4-2-3-5-14(13)20(22)23/h2-8,11,18H,9-10H2,1H3/t11-,18+/m0/s1. The van der Waals surface area contributed by atoms with Gasteiger partial charge in [-0.05, 0) is 31.2 Å². The second kappa shape index (κ2) is 6.86. The molecule has 4 rings (SSSR count). The third-order valence-electron chi connectivity index (χ3n) is 4.24. The summed E-state index contributed by atoms with van der Waals surface area (Å²) in [5.74, 6) is 0.657. The van der Waals surface area contributed by atoms with Gasteiger partial charge in [-0.3, -0.25) is 14.9 Å². The topological polar surface area (TPSA) is 100 Å². The zero-order valence-corrected chi connectivity index (χ0v) is 14.4. The molecule has 2 heterocycles. The molecule has 0 N–H and O–H groups in total. The molecular formula is C18H16N2O7. The molecule has 27 heavy (non-hydrogen) atoms. The summed E-state index contributed by atoms with van der Waals surface area (Å²) in [7, 11) is 0. The summed E-state index contributed by atoms with van der Waals surface area (Å²) in [6.45, 7) is 2.06. The molecule has 2 atom stereocenters. The van der Waals surface area contributed by atoms with Crippen LogP contribution in [0.3, 0.4) is 0 Å². The molecule has 0 aromatic heterocycles. The first-order valence-corrected chi connectivity index (χ1v) is 8.30. The molecular weight excluding hydrogens is 356 g/mol. The third kappa shape index (κ3) is 3.29. The van der Waals surface area contributed by atoms with Crippen LogP contribution in [0.2, 0.25) is 0 Å². The van der Waals surface area contributed by atoms with Gasteiger partial charge in [-0.2, -0.15) is 0 Å². The number of hydrogen-bond acceptors (Lipinski definition) is 7. The lowest BCUT2D eigenvalue weighted by Gasteiger charge is -2.35. The number of rotatable bonds is 3. The van der Waals surface area contributed by atoms with E-state index in [1.165, 1.54) is 6.07 Å². The second-order valence-electron chi connectivity index (χ2n) is 6.13. The molecule has 2 aromatic carbocycles. The Kier molecular flexibility index (Phi) is 4.38. The fraction of sp³-hybridized carbons (Fsp3) is 0.278. The Hall–Kier alpha value is -3.17. The maximum absolute atomic E-state index is 12.9. The summed E-state index contributed by atoms with van der Waals surface area (Å²) in [4.78, 5) is 29.3. The Bertz CT molecular complexity index is 901. The highest BCUT2D eigenvalue weighted by Gasteiger charge is 2.35. The fourth-order valence-corrected chi connectivity index (χ4v) is 2.96. The average molecular weight is 372 g/mol. The normalized spacial score (nSPS) is 21.1. The van der Waals surface area contributed by atoms with Crippen LogP contribution < -0.4 is 9.47 Å². The number of amides is 1. The second-order valence-corrected chi connectivity index (χ2v) is 6.13. The Morgan fingerprint density at radius 1 is 1.19 bits per heavy atom. The minimum absolute atomic E-state index is 0.109. The van der Waals surface area contributed by atoms with Gasteiger partial charge in [0.1, 0.15) is 0 Å². The average Bonchev–Trinajstić information content (AvgIpc) is 3.14. The summed E-state index contributed by atoms with van der Waals surface area (Å²) in [6, 6.07) is 11.0. The number of benzene rings is 2. The Labute approximate surface area is 154 Å². The summed E-state index contributed by atoms with van der Waals surface area (Å²) in [5.41, 5.74) is 0.472. The van der Waals surface area contributed by atoms with Gasteiger partial charge in [-0.15, -0.1) is 0 Å². The molecule has 9 nitrogen and oxygen atoms in total. The van der Waals surface area contributed by atoms with Gasteiger partial charge in [-0.25, -0.2) is 9.90 Å². The van der Waals surface area contributed by atoms with Gasteiger partial charge in [-0.1, -0.05) is 12.1 Å². The van der Waals surface area contributed by atoms with Crippen molar-refractivity contribution in [3.8, 4) is 11.5 Å². The van der Waals surface area contributed by atoms with E-state index < -0.39 is 17.1 Å². The molecule has 2 aliphatic heterocycles. The van der Waals surface area contributed by atoms with Gasteiger partial charge < -0.3 is 14.2 Å². The summed E-state index contributed by atoms with van der Waals surface area (Å²) < 4.78 is 16.2. The van der Waals surface area contributed by atoms with Crippen LogP contribution in [0.15, 0.2) is 42.5 Å². The van der Waals surface area contributed by atoms with E-state index in [4.69, 9.17) is 19.0 Å². The predicted molar refractivity (Wildman–Crippen MR) is 91.1 cm³/mol. The van der Waals surface area contributed by atoms with Crippen molar-refractivity contribution in [2.45, 2.75) is 19.3 Å². The van der Waals surface area contributed by atoms with Crippen molar-refractivity contribution in [1.29, 1.82) is 0 Å². The largest absolute Gasteiger partial charge is 0.454 e. The number of carbonyl (C=O) groups is 1. The van der Waals surface area contributed by atoms with Gasteiger partial charge in [0.15, 0.2) is 11.5 Å². The van der Waals surface area contributed by atoms with Gasteiger partial charge in [0.05, 0.1) is 23.1 Å². The first-order chi connectivity index (χ1) is 13.0. The third-order valence-corrected chi connectivity index (χ3v) is 4.24. The first-order valence-electron chi connectivity index (χ1n) is 8.30. The zero-order chi connectivity index (χ0) is 19.0. The van der Waals surface area contributed by atoms with E-state index >= 15 is 0 Å². The number of para-hydroxylation sites is 1. The lowest BCUT2D eigenvalue weighted by Crippen LogP contribution is -2.44. The number of ether oxygens (including phenoxy) is 3. The highest BCUT2D eigenvalue weighted by Crippen LogP contribution is 2.35. The predicted octanol–water partition coefficient (Wildman–Crippen LogP) is 2.81. The van der Waals surface area contributed by atoms with E-state index in [0.29, 0.717) is 17.1 Å². The van der Waals surface area contributed by atoms with Crippen LogP contribution in [0.25, 0.3) is 0 Å². The lowest BCUT2D eigenvalue weighted by molar-refractivity contribution is -0.390. The van der Waals surface area contributed by atoms with Gasteiger partial charge in [0, 0.05) is 11.6 Å². The van der Waals surface area contributed by atoms with Crippen LogP contribution in [-0.2, 0) is 9.57 Å². The fourth-order valence-electron chi connectivity index (χ4n) is 2.96. The number of nitro groups is 1. The molecule has 0 bridgehead atoms. The van der Waals surface area contributed by atoms with Gasteiger partial charge in [0.2, 0.25) is 13.1 Å². The van der Waals surface area contributed by atoms with Gasteiger partial charge in [0.25, 0.3) is 11.6 Å². The number of hydroxylamine groups is 2. The van der Waals surface area contributed by atoms with Crippen LogP contribution in [0, 0.1) is 10.1 Å². The Balaban J connectivity index is 1.59. The van der Waals surface area contributed by atoms with Crippen molar-refractivity contribution >= 4 is 11.6 Å².